The van der Waals surface area contributed by atoms with E-state index >= 15 is 0 Å². The van der Waals surface area contributed by atoms with Crippen LogP contribution in [0.5, 0.6) is 0 Å². The number of nitrogens with two attached hydrogens (primary N) is 1. The maximum Gasteiger partial charge on any atom is 0.0805 e. The Morgan fingerprint density at radius 3 is 2.30 bits per heavy atom. The summed E-state index contributed by atoms with van der Waals surface area (Å²) < 4.78 is 1.05. The number of pyridine rings is 1. The minimum absolute atomic E-state index is 0.0174. The van der Waals surface area contributed by atoms with E-state index in [0.717, 1.165) is 37.5 Å². The van der Waals surface area contributed by atoms with E-state index in [2.05, 4.69) is 54.9 Å². The fourth-order valence-corrected chi connectivity index (χ4v) is 2.99. The minimum atomic E-state index is -0.0174. The Hall–Kier alpha value is -1.61. The van der Waals surface area contributed by atoms with Crippen LogP contribution in [-0.2, 0) is 5.41 Å². The second kappa shape index (κ2) is 4.45. The lowest BCUT2D eigenvalue weighted by Crippen LogP contribution is -2.14. The van der Waals surface area contributed by atoms with Crippen LogP contribution in [0.2, 0.25) is 0 Å². The third-order valence-corrected chi connectivity index (χ3v) is 4.23. The van der Waals surface area contributed by atoms with Gasteiger partial charge in [0.15, 0.2) is 0 Å². The van der Waals surface area contributed by atoms with E-state index in [1.165, 1.54) is 0 Å². The lowest BCUT2D eigenvalue weighted by atomic mass is 9.90. The smallest absolute Gasteiger partial charge is 0.0805 e. The number of nitrogen functional groups attached to an aromatic ring is 1. The Balaban J connectivity index is 2.51. The molecule has 0 atom stereocenters. The van der Waals surface area contributed by atoms with Crippen LogP contribution in [0.25, 0.3) is 21.7 Å². The van der Waals surface area contributed by atoms with Crippen molar-refractivity contribution >= 4 is 43.3 Å². The molecule has 0 radical (unpaired) electrons. The van der Waals surface area contributed by atoms with Gasteiger partial charge in [0.1, 0.15) is 0 Å². The molecule has 0 aliphatic heterocycles. The first kappa shape index (κ1) is 13.4. The minimum Gasteiger partial charge on any atom is -0.398 e. The van der Waals surface area contributed by atoms with Gasteiger partial charge in [0.2, 0.25) is 0 Å². The van der Waals surface area contributed by atoms with Crippen LogP contribution >= 0.6 is 15.9 Å². The molecule has 0 bridgehead atoms. The SMILES string of the molecule is CC(C)(C)c1cc(N)c2cc(Br)c3ccccc3c2n1. The van der Waals surface area contributed by atoms with E-state index in [4.69, 9.17) is 10.7 Å². The Labute approximate surface area is 127 Å². The molecule has 0 spiro atoms. The van der Waals surface area contributed by atoms with E-state index in [1.54, 1.807) is 0 Å². The zero-order valence-corrected chi connectivity index (χ0v) is 13.5. The van der Waals surface area contributed by atoms with Crippen molar-refractivity contribution in [2.45, 2.75) is 26.2 Å². The predicted octanol–water partition coefficient (Wildman–Crippen LogP) is 5.03. The lowest BCUT2D eigenvalue weighted by Gasteiger charge is -2.20. The van der Waals surface area contributed by atoms with Crippen molar-refractivity contribution in [3.8, 4) is 0 Å². The van der Waals surface area contributed by atoms with Gasteiger partial charge in [0.25, 0.3) is 0 Å². The van der Waals surface area contributed by atoms with Crippen LogP contribution in [0, 0.1) is 0 Å². The molecule has 0 saturated heterocycles. The first-order valence-electron chi connectivity index (χ1n) is 6.66. The van der Waals surface area contributed by atoms with Gasteiger partial charge < -0.3 is 5.73 Å². The van der Waals surface area contributed by atoms with E-state index in [1.807, 2.05) is 18.2 Å². The zero-order chi connectivity index (χ0) is 14.5. The summed E-state index contributed by atoms with van der Waals surface area (Å²) in [4.78, 5) is 4.88. The second-order valence-electron chi connectivity index (χ2n) is 6.15. The topological polar surface area (TPSA) is 38.9 Å². The van der Waals surface area contributed by atoms with Crippen LogP contribution < -0.4 is 5.73 Å². The van der Waals surface area contributed by atoms with Gasteiger partial charge in [-0.2, -0.15) is 0 Å². The van der Waals surface area contributed by atoms with Crippen molar-refractivity contribution in [2.75, 3.05) is 5.73 Å². The maximum absolute atomic E-state index is 6.25. The quantitative estimate of drug-likeness (QED) is 0.588. The third kappa shape index (κ3) is 2.06. The third-order valence-electron chi connectivity index (χ3n) is 3.57. The normalized spacial score (nSPS) is 12.2. The number of fused-ring (bicyclic) bond motifs is 3. The molecular weight excluding hydrogens is 312 g/mol. The van der Waals surface area contributed by atoms with Crippen LogP contribution in [0.4, 0.5) is 5.69 Å². The highest BCUT2D eigenvalue weighted by Gasteiger charge is 2.18. The van der Waals surface area contributed by atoms with Crippen molar-refractivity contribution in [3.05, 3.63) is 46.6 Å². The fourth-order valence-electron chi connectivity index (χ4n) is 2.42. The average Bonchev–Trinajstić information content (AvgIpc) is 2.39. The summed E-state index contributed by atoms with van der Waals surface area (Å²) >= 11 is 3.63. The molecule has 3 heteroatoms. The first-order valence-corrected chi connectivity index (χ1v) is 7.45. The van der Waals surface area contributed by atoms with Crippen molar-refractivity contribution in [1.29, 1.82) is 0 Å². The fraction of sp³-hybridized carbons (Fsp3) is 0.235. The highest BCUT2D eigenvalue weighted by Crippen LogP contribution is 2.35. The van der Waals surface area contributed by atoms with Gasteiger partial charge in [-0.1, -0.05) is 61.0 Å². The molecule has 1 heterocycles. The van der Waals surface area contributed by atoms with Gasteiger partial charge >= 0.3 is 0 Å². The number of hydrogen-bond acceptors (Lipinski definition) is 2. The van der Waals surface area contributed by atoms with Crippen molar-refractivity contribution in [2.24, 2.45) is 0 Å². The van der Waals surface area contributed by atoms with Crippen LogP contribution in [0.1, 0.15) is 26.5 Å². The maximum atomic E-state index is 6.25. The molecule has 2 N–H and O–H groups in total. The zero-order valence-electron chi connectivity index (χ0n) is 11.9. The molecule has 2 nitrogen and oxygen atoms in total. The van der Waals surface area contributed by atoms with Gasteiger partial charge in [-0.25, -0.2) is 0 Å². The molecule has 0 aliphatic carbocycles. The highest BCUT2D eigenvalue weighted by atomic mass is 79.9. The van der Waals surface area contributed by atoms with Gasteiger partial charge in [0, 0.05) is 32.0 Å². The monoisotopic (exact) mass is 328 g/mol. The average molecular weight is 329 g/mol. The number of halogens is 1. The summed E-state index contributed by atoms with van der Waals surface area (Å²) in [6, 6.07) is 12.3. The van der Waals surface area contributed by atoms with Gasteiger partial charge in [-0.05, 0) is 17.5 Å². The van der Waals surface area contributed by atoms with E-state index < -0.39 is 0 Å². The van der Waals surface area contributed by atoms with E-state index in [9.17, 15) is 0 Å². The van der Waals surface area contributed by atoms with Gasteiger partial charge in [0.05, 0.1) is 5.52 Å². The van der Waals surface area contributed by atoms with Crippen LogP contribution in [0.3, 0.4) is 0 Å². The number of hydrogen-bond donors (Lipinski definition) is 1. The number of rotatable bonds is 0. The van der Waals surface area contributed by atoms with E-state index in [0.29, 0.717) is 0 Å². The summed E-state index contributed by atoms with van der Waals surface area (Å²) in [5.74, 6) is 0. The molecule has 0 unspecified atom stereocenters. The molecule has 0 fully saturated rings. The molecule has 3 aromatic rings. The van der Waals surface area contributed by atoms with Crippen molar-refractivity contribution < 1.29 is 0 Å². The number of nitrogens with zero attached hydrogens (tertiary/aromatic N) is 1. The molecule has 0 amide bonds. The number of aromatic nitrogens is 1. The Kier molecular flexibility index (Phi) is 2.98. The first-order chi connectivity index (χ1) is 9.38. The summed E-state index contributed by atoms with van der Waals surface area (Å²) in [6.45, 7) is 6.46. The summed E-state index contributed by atoms with van der Waals surface area (Å²) in [5, 5.41) is 3.30. The Morgan fingerprint density at radius 2 is 1.65 bits per heavy atom. The van der Waals surface area contributed by atoms with Crippen molar-refractivity contribution in [1.82, 2.24) is 4.98 Å². The summed E-state index contributed by atoms with van der Waals surface area (Å²) in [7, 11) is 0. The highest BCUT2D eigenvalue weighted by molar-refractivity contribution is 9.10. The summed E-state index contributed by atoms with van der Waals surface area (Å²) in [6.07, 6.45) is 0. The second-order valence-corrected chi connectivity index (χ2v) is 7.00. The summed E-state index contributed by atoms with van der Waals surface area (Å²) in [5.41, 5.74) is 9.02. The van der Waals surface area contributed by atoms with Crippen LogP contribution in [0.15, 0.2) is 40.9 Å². The molecule has 20 heavy (non-hydrogen) atoms. The van der Waals surface area contributed by atoms with E-state index in [-0.39, 0.29) is 5.41 Å². The molecular formula is C17H17BrN2. The largest absolute Gasteiger partial charge is 0.398 e. The molecule has 2 aromatic carbocycles. The van der Waals surface area contributed by atoms with Gasteiger partial charge in [-0.15, -0.1) is 0 Å². The van der Waals surface area contributed by atoms with Crippen LogP contribution in [-0.4, -0.2) is 4.98 Å². The van der Waals surface area contributed by atoms with Crippen molar-refractivity contribution in [3.63, 3.8) is 0 Å². The molecule has 0 saturated carbocycles. The Bertz CT molecular complexity index is 816. The molecule has 3 rings (SSSR count). The molecule has 102 valence electrons. The van der Waals surface area contributed by atoms with Gasteiger partial charge in [-0.3, -0.25) is 4.98 Å². The number of anilines is 1. The lowest BCUT2D eigenvalue weighted by molar-refractivity contribution is 0.572. The molecule has 0 aliphatic rings. The molecule has 1 aromatic heterocycles. The Morgan fingerprint density at radius 1 is 1.00 bits per heavy atom. The number of benzene rings is 2. The standard InChI is InChI=1S/C17H17BrN2/c1-17(2,3)15-9-14(19)12-8-13(18)10-6-4-5-7-11(10)16(12)20-15/h4-9H,1-3H3,(H2,19,20). The predicted molar refractivity (Wildman–Crippen MR) is 90.1 cm³/mol.